The predicted octanol–water partition coefficient (Wildman–Crippen LogP) is 4.34. The Balaban J connectivity index is 1.75. The minimum absolute atomic E-state index is 0.00907. The number of pyridine rings is 1. The number of hydrogen-bond donors (Lipinski definition) is 0. The zero-order chi connectivity index (χ0) is 23.8. The minimum Gasteiger partial charge on any atom is -0.403 e. The largest absolute Gasteiger partial charge is 0.573 e. The van der Waals surface area contributed by atoms with Crippen LogP contribution in [0, 0.1) is 11.3 Å². The molecular weight excluding hydrogens is 505 g/mol. The zero-order valence-corrected chi connectivity index (χ0v) is 18.7. The number of benzene rings is 1. The second kappa shape index (κ2) is 8.62. The number of fused-ring (bicyclic) bond motifs is 1. The van der Waals surface area contributed by atoms with Crippen molar-refractivity contribution < 1.29 is 17.9 Å². The Morgan fingerprint density at radius 2 is 1.94 bits per heavy atom. The number of aromatic nitrogens is 6. The van der Waals surface area contributed by atoms with Gasteiger partial charge in [-0.05, 0) is 31.2 Å². The first-order valence-corrected chi connectivity index (χ1v) is 10.2. The fourth-order valence-electron chi connectivity index (χ4n) is 3.22. The topological polar surface area (TPSA) is 106 Å². The second-order valence-electron chi connectivity index (χ2n) is 6.88. The molecule has 9 nitrogen and oxygen atoms in total. The summed E-state index contributed by atoms with van der Waals surface area (Å²) in [6.07, 6.45) is -0.913. The number of ether oxygens (including phenoxy) is 1. The summed E-state index contributed by atoms with van der Waals surface area (Å²) in [6, 6.07) is 7.64. The van der Waals surface area contributed by atoms with E-state index in [9.17, 15) is 13.2 Å². The molecule has 1 unspecified atom stereocenters. The molecule has 13 heteroatoms. The fourth-order valence-corrected chi connectivity index (χ4v) is 3.65. The molecule has 0 aliphatic rings. The standard InChI is InChI=1S/C20H14BrF3N8O/c1-11(18-29-10-30-32(18)16-4-3-12(7-25)8-26-16)31(2)19-14-5-13(21)6-15(33-20(22,23)24)17(14)27-9-28-19/h3-6,8-11H,1-2H3. The number of anilines is 1. The average Bonchev–Trinajstić information content (AvgIpc) is 3.26. The third kappa shape index (κ3) is 4.56. The number of nitrogens with zero attached hydrogens (tertiary/aromatic N) is 8. The molecule has 1 atom stereocenters. The maximum absolute atomic E-state index is 12.9. The van der Waals surface area contributed by atoms with Crippen LogP contribution in [0.25, 0.3) is 16.7 Å². The van der Waals surface area contributed by atoms with E-state index in [1.165, 1.54) is 29.6 Å². The lowest BCUT2D eigenvalue weighted by molar-refractivity contribution is -0.274. The van der Waals surface area contributed by atoms with E-state index in [1.807, 2.05) is 13.0 Å². The monoisotopic (exact) mass is 518 g/mol. The Kier molecular flexibility index (Phi) is 5.86. The molecule has 3 aromatic heterocycles. The first-order valence-electron chi connectivity index (χ1n) is 9.37. The first kappa shape index (κ1) is 22.4. The number of nitriles is 1. The second-order valence-corrected chi connectivity index (χ2v) is 7.79. The van der Waals surface area contributed by atoms with Crippen molar-refractivity contribution in [2.45, 2.75) is 19.3 Å². The van der Waals surface area contributed by atoms with Gasteiger partial charge in [-0.15, -0.1) is 13.2 Å². The van der Waals surface area contributed by atoms with Crippen molar-refractivity contribution in [3.05, 3.63) is 59.0 Å². The molecule has 0 radical (unpaired) electrons. The van der Waals surface area contributed by atoms with Crippen LogP contribution >= 0.6 is 15.9 Å². The van der Waals surface area contributed by atoms with Crippen LogP contribution in [-0.4, -0.2) is 43.1 Å². The van der Waals surface area contributed by atoms with Gasteiger partial charge in [0.2, 0.25) is 0 Å². The van der Waals surface area contributed by atoms with Crippen LogP contribution in [0.4, 0.5) is 19.0 Å². The molecule has 33 heavy (non-hydrogen) atoms. The molecule has 0 N–H and O–H groups in total. The van der Waals surface area contributed by atoms with Crippen molar-refractivity contribution in [2.24, 2.45) is 0 Å². The molecule has 0 saturated heterocycles. The van der Waals surface area contributed by atoms with Crippen LogP contribution < -0.4 is 9.64 Å². The summed E-state index contributed by atoms with van der Waals surface area (Å²) >= 11 is 3.22. The summed E-state index contributed by atoms with van der Waals surface area (Å²) in [7, 11) is 1.73. The van der Waals surface area contributed by atoms with Crippen molar-refractivity contribution in [3.63, 3.8) is 0 Å². The van der Waals surface area contributed by atoms with Crippen molar-refractivity contribution in [2.75, 3.05) is 11.9 Å². The quantitative estimate of drug-likeness (QED) is 0.384. The highest BCUT2D eigenvalue weighted by atomic mass is 79.9. The lowest BCUT2D eigenvalue weighted by Gasteiger charge is -2.26. The van der Waals surface area contributed by atoms with E-state index in [4.69, 9.17) is 5.26 Å². The van der Waals surface area contributed by atoms with Crippen LogP contribution in [-0.2, 0) is 0 Å². The van der Waals surface area contributed by atoms with E-state index in [-0.39, 0.29) is 5.52 Å². The molecule has 4 rings (SSSR count). The third-order valence-corrected chi connectivity index (χ3v) is 5.29. The van der Waals surface area contributed by atoms with Crippen LogP contribution in [0.15, 0.2) is 47.6 Å². The summed E-state index contributed by atoms with van der Waals surface area (Å²) < 4.78 is 44.7. The van der Waals surface area contributed by atoms with Crippen LogP contribution in [0.1, 0.15) is 24.4 Å². The molecule has 0 aliphatic carbocycles. The van der Waals surface area contributed by atoms with Gasteiger partial charge in [0.25, 0.3) is 0 Å². The van der Waals surface area contributed by atoms with E-state index < -0.39 is 18.2 Å². The molecule has 4 aromatic rings. The van der Waals surface area contributed by atoms with Gasteiger partial charge in [0.1, 0.15) is 30.1 Å². The summed E-state index contributed by atoms with van der Waals surface area (Å²) in [5.74, 6) is 0.880. The normalized spacial score (nSPS) is 12.4. The lowest BCUT2D eigenvalue weighted by Crippen LogP contribution is -2.26. The summed E-state index contributed by atoms with van der Waals surface area (Å²) in [5.41, 5.74) is 0.412. The minimum atomic E-state index is -4.87. The average molecular weight is 519 g/mol. The maximum atomic E-state index is 12.9. The molecule has 168 valence electrons. The Morgan fingerprint density at radius 1 is 1.15 bits per heavy atom. The highest BCUT2D eigenvalue weighted by molar-refractivity contribution is 9.10. The van der Waals surface area contributed by atoms with Crippen molar-refractivity contribution >= 4 is 32.7 Å². The highest BCUT2D eigenvalue weighted by Crippen LogP contribution is 2.37. The molecular formula is C20H14BrF3N8O. The highest BCUT2D eigenvalue weighted by Gasteiger charge is 2.33. The lowest BCUT2D eigenvalue weighted by atomic mass is 10.2. The molecule has 0 bridgehead atoms. The Labute approximate surface area is 193 Å². The molecule has 3 heterocycles. The Morgan fingerprint density at radius 3 is 2.61 bits per heavy atom. The number of halogens is 4. The van der Waals surface area contributed by atoms with Crippen molar-refractivity contribution in [1.29, 1.82) is 5.26 Å². The van der Waals surface area contributed by atoms with Crippen molar-refractivity contribution in [1.82, 2.24) is 29.7 Å². The van der Waals surface area contributed by atoms with Gasteiger partial charge < -0.3 is 9.64 Å². The predicted molar refractivity (Wildman–Crippen MR) is 115 cm³/mol. The SMILES string of the molecule is CC(c1ncnn1-c1ccc(C#N)cn1)N(C)c1ncnc2c(OC(F)(F)F)cc(Br)cc12. The molecule has 0 amide bonds. The number of hydrogen-bond acceptors (Lipinski definition) is 8. The van der Waals surface area contributed by atoms with Crippen LogP contribution in [0.3, 0.4) is 0 Å². The van der Waals surface area contributed by atoms with E-state index in [0.29, 0.717) is 32.9 Å². The van der Waals surface area contributed by atoms with E-state index in [1.54, 1.807) is 30.1 Å². The summed E-state index contributed by atoms with van der Waals surface area (Å²) in [6.45, 7) is 1.84. The van der Waals surface area contributed by atoms with Gasteiger partial charge in [0.15, 0.2) is 17.4 Å². The van der Waals surface area contributed by atoms with Gasteiger partial charge in [-0.1, -0.05) is 15.9 Å². The molecule has 1 aromatic carbocycles. The molecule has 0 spiro atoms. The van der Waals surface area contributed by atoms with Crippen molar-refractivity contribution in [3.8, 4) is 17.6 Å². The fraction of sp³-hybridized carbons (Fsp3) is 0.200. The number of alkyl halides is 3. The van der Waals surface area contributed by atoms with Gasteiger partial charge in [-0.2, -0.15) is 15.0 Å². The van der Waals surface area contributed by atoms with Gasteiger partial charge in [-0.3, -0.25) is 0 Å². The Hall–Kier alpha value is -3.79. The summed E-state index contributed by atoms with van der Waals surface area (Å²) in [4.78, 5) is 18.6. The van der Waals surface area contributed by atoms with Crippen LogP contribution in [0.2, 0.25) is 0 Å². The molecule has 0 saturated carbocycles. The van der Waals surface area contributed by atoms with E-state index >= 15 is 0 Å². The Bertz CT molecular complexity index is 1350. The molecule has 0 aliphatic heterocycles. The van der Waals surface area contributed by atoms with E-state index in [2.05, 4.69) is 45.7 Å². The van der Waals surface area contributed by atoms with Crippen LogP contribution in [0.5, 0.6) is 5.75 Å². The molecule has 0 fully saturated rings. The maximum Gasteiger partial charge on any atom is 0.573 e. The van der Waals surface area contributed by atoms with Gasteiger partial charge in [-0.25, -0.2) is 19.9 Å². The number of rotatable bonds is 5. The third-order valence-electron chi connectivity index (χ3n) is 4.83. The summed E-state index contributed by atoms with van der Waals surface area (Å²) in [5, 5.41) is 13.5. The van der Waals surface area contributed by atoms with E-state index in [0.717, 1.165) is 0 Å². The smallest absolute Gasteiger partial charge is 0.403 e. The van der Waals surface area contributed by atoms with Gasteiger partial charge >= 0.3 is 6.36 Å². The van der Waals surface area contributed by atoms with Gasteiger partial charge in [0.05, 0.1) is 11.6 Å². The first-order chi connectivity index (χ1) is 15.7. The zero-order valence-electron chi connectivity index (χ0n) is 17.1. The van der Waals surface area contributed by atoms with Gasteiger partial charge in [0, 0.05) is 23.1 Å².